The van der Waals surface area contributed by atoms with Crippen LogP contribution < -0.4 is 0 Å². The molecule has 4 atom stereocenters. The maximum absolute atomic E-state index is 12.4. The van der Waals surface area contributed by atoms with Crippen LogP contribution in [0.4, 0.5) is 0 Å². The Hall–Kier alpha value is -0.730. The van der Waals surface area contributed by atoms with Crippen molar-refractivity contribution < 1.29 is 34.3 Å². The van der Waals surface area contributed by atoms with Gasteiger partial charge in [-0.25, -0.2) is 0 Å². The maximum atomic E-state index is 12.4. The molecule has 0 aliphatic carbocycles. The molecule has 0 amide bonds. The first-order chi connectivity index (χ1) is 16.0. The summed E-state index contributed by atoms with van der Waals surface area (Å²) in [6, 6.07) is 0. The third-order valence-electron chi connectivity index (χ3n) is 7.23. The topological polar surface area (TPSA) is 105 Å². The first kappa shape index (κ1) is 28.5. The van der Waals surface area contributed by atoms with E-state index in [-0.39, 0.29) is 26.1 Å². The molecule has 1 spiro atoms. The smallest absolute Gasteiger partial charge is 0.306 e. The normalized spacial score (nSPS) is 29.2. The molecule has 0 saturated carbocycles. The Morgan fingerprint density at radius 3 is 1.82 bits per heavy atom. The van der Waals surface area contributed by atoms with Gasteiger partial charge in [-0.3, -0.25) is 4.79 Å². The second kappa shape index (κ2) is 15.3. The van der Waals surface area contributed by atoms with Crippen molar-refractivity contribution in [3.05, 3.63) is 0 Å². The molecule has 0 aromatic heterocycles. The van der Waals surface area contributed by atoms with Gasteiger partial charge in [0.25, 0.3) is 0 Å². The Balaban J connectivity index is 1.50. The van der Waals surface area contributed by atoms with E-state index in [4.69, 9.17) is 14.2 Å². The molecule has 194 valence electrons. The number of hydrogen-bond donors (Lipinski definition) is 3. The minimum atomic E-state index is -1.69. The van der Waals surface area contributed by atoms with Gasteiger partial charge in [0.1, 0.15) is 12.2 Å². The molecule has 7 nitrogen and oxygen atoms in total. The third kappa shape index (κ3) is 8.17. The molecule has 0 radical (unpaired) electrons. The van der Waals surface area contributed by atoms with Crippen LogP contribution in [0.5, 0.6) is 0 Å². The van der Waals surface area contributed by atoms with Gasteiger partial charge in [0.2, 0.25) is 5.79 Å². The number of unbranched alkanes of at least 4 members (excludes halogenated alkanes) is 14. The first-order valence-electron chi connectivity index (χ1n) is 13.5. The van der Waals surface area contributed by atoms with Crippen molar-refractivity contribution in [3.8, 4) is 0 Å². The molecule has 2 heterocycles. The van der Waals surface area contributed by atoms with Gasteiger partial charge in [0.05, 0.1) is 19.8 Å². The predicted octanol–water partition coefficient (Wildman–Crippen LogP) is 4.39. The summed E-state index contributed by atoms with van der Waals surface area (Å²) < 4.78 is 16.7. The summed E-state index contributed by atoms with van der Waals surface area (Å²) >= 11 is 0. The third-order valence-corrected chi connectivity index (χ3v) is 7.23. The van der Waals surface area contributed by atoms with E-state index in [1.165, 1.54) is 77.0 Å². The Morgan fingerprint density at radius 1 is 0.848 bits per heavy atom. The van der Waals surface area contributed by atoms with Crippen molar-refractivity contribution in [1.29, 1.82) is 0 Å². The molecule has 2 saturated heterocycles. The quantitative estimate of drug-likeness (QED) is 0.201. The molecule has 0 unspecified atom stereocenters. The monoisotopic (exact) mass is 472 g/mol. The van der Waals surface area contributed by atoms with Gasteiger partial charge in [0, 0.05) is 12.8 Å². The van der Waals surface area contributed by atoms with Crippen LogP contribution in [0.1, 0.15) is 116 Å². The highest BCUT2D eigenvalue weighted by molar-refractivity contribution is 5.70. The maximum Gasteiger partial charge on any atom is 0.306 e. The molecule has 2 rings (SSSR count). The average molecular weight is 473 g/mol. The van der Waals surface area contributed by atoms with Crippen LogP contribution in [0.25, 0.3) is 0 Å². The highest BCUT2D eigenvalue weighted by Gasteiger charge is 2.68. The first-order valence-corrected chi connectivity index (χ1v) is 13.5. The minimum absolute atomic E-state index is 0.125. The molecule has 2 aliphatic rings. The number of rotatable bonds is 18. The fourth-order valence-corrected chi connectivity index (χ4v) is 5.09. The van der Waals surface area contributed by atoms with Gasteiger partial charge >= 0.3 is 5.97 Å². The lowest BCUT2D eigenvalue weighted by molar-refractivity contribution is -0.301. The van der Waals surface area contributed by atoms with Crippen LogP contribution in [-0.2, 0) is 19.0 Å². The molecule has 0 aromatic carbocycles. The number of aliphatic hydroxyl groups excluding tert-OH is 3. The van der Waals surface area contributed by atoms with Crippen LogP contribution in [0.2, 0.25) is 0 Å². The summed E-state index contributed by atoms with van der Waals surface area (Å²) in [5, 5.41) is 30.2. The van der Waals surface area contributed by atoms with E-state index in [9.17, 15) is 20.1 Å². The lowest BCUT2D eigenvalue weighted by Gasteiger charge is -2.40. The van der Waals surface area contributed by atoms with E-state index in [2.05, 4.69) is 6.92 Å². The highest BCUT2D eigenvalue weighted by atomic mass is 16.8. The van der Waals surface area contributed by atoms with Gasteiger partial charge < -0.3 is 29.5 Å². The van der Waals surface area contributed by atoms with Gasteiger partial charge in [0.15, 0.2) is 5.60 Å². The van der Waals surface area contributed by atoms with Crippen molar-refractivity contribution in [3.63, 3.8) is 0 Å². The van der Waals surface area contributed by atoms with E-state index >= 15 is 0 Å². The predicted molar refractivity (Wildman–Crippen MR) is 127 cm³/mol. The van der Waals surface area contributed by atoms with Crippen molar-refractivity contribution in [2.24, 2.45) is 0 Å². The molecule has 7 heteroatoms. The number of aliphatic hydroxyl groups is 3. The zero-order valence-electron chi connectivity index (χ0n) is 20.8. The number of ether oxygens (including phenoxy) is 3. The van der Waals surface area contributed by atoms with Crippen LogP contribution >= 0.6 is 0 Å². The fourth-order valence-electron chi connectivity index (χ4n) is 5.09. The fraction of sp³-hybridized carbons (Fsp3) is 0.962. The summed E-state index contributed by atoms with van der Waals surface area (Å²) in [5.74, 6) is -2.12. The standard InChI is InChI=1S/C26H48O7/c1-2-3-4-5-6-7-8-9-10-11-12-13-14-15-16-17-23(29)33-25(21-27)18-19-31-26(25)24(30)22(28)20-32-26/h22,24,27-28,30H,2-21H2,1H3/t22-,24+,25+,26-/m0/s1. The Morgan fingerprint density at radius 2 is 1.36 bits per heavy atom. The number of carbonyl (C=O) groups excluding carboxylic acids is 1. The van der Waals surface area contributed by atoms with Crippen LogP contribution in [0.15, 0.2) is 0 Å². The van der Waals surface area contributed by atoms with Crippen LogP contribution in [0, 0.1) is 0 Å². The molecule has 0 bridgehead atoms. The minimum Gasteiger partial charge on any atom is -0.451 e. The summed E-state index contributed by atoms with van der Waals surface area (Å²) in [5.41, 5.74) is -1.48. The molecular formula is C26H48O7. The van der Waals surface area contributed by atoms with E-state index in [1.54, 1.807) is 0 Å². The summed E-state index contributed by atoms with van der Waals surface area (Å²) in [6.07, 6.45) is 16.9. The molecule has 2 fully saturated rings. The van der Waals surface area contributed by atoms with E-state index < -0.39 is 36.2 Å². The lowest BCUT2D eigenvalue weighted by atomic mass is 9.88. The van der Waals surface area contributed by atoms with E-state index in [0.717, 1.165) is 19.3 Å². The zero-order valence-corrected chi connectivity index (χ0v) is 20.8. The van der Waals surface area contributed by atoms with E-state index in [1.807, 2.05) is 0 Å². The van der Waals surface area contributed by atoms with Crippen LogP contribution in [-0.4, -0.2) is 64.7 Å². The number of hydrogen-bond acceptors (Lipinski definition) is 7. The van der Waals surface area contributed by atoms with Crippen LogP contribution in [0.3, 0.4) is 0 Å². The second-order valence-electron chi connectivity index (χ2n) is 9.92. The van der Waals surface area contributed by atoms with Crippen molar-refractivity contribution in [2.45, 2.75) is 140 Å². The number of carbonyl (C=O) groups is 1. The Kier molecular flexibility index (Phi) is 13.2. The molecule has 3 N–H and O–H groups in total. The summed E-state index contributed by atoms with van der Waals surface area (Å²) in [4.78, 5) is 12.4. The van der Waals surface area contributed by atoms with Crippen molar-refractivity contribution in [1.82, 2.24) is 0 Å². The largest absolute Gasteiger partial charge is 0.451 e. The summed E-state index contributed by atoms with van der Waals surface area (Å²) in [7, 11) is 0. The molecule has 33 heavy (non-hydrogen) atoms. The average Bonchev–Trinajstić information content (AvgIpc) is 3.32. The number of esters is 1. The zero-order chi connectivity index (χ0) is 24.0. The van der Waals surface area contributed by atoms with Gasteiger partial charge in [-0.2, -0.15) is 0 Å². The van der Waals surface area contributed by atoms with Gasteiger partial charge in [-0.15, -0.1) is 0 Å². The van der Waals surface area contributed by atoms with Gasteiger partial charge in [-0.05, 0) is 6.42 Å². The second-order valence-corrected chi connectivity index (χ2v) is 9.92. The Bertz CT molecular complexity index is 543. The molecule has 2 aliphatic heterocycles. The summed E-state index contributed by atoms with van der Waals surface area (Å²) in [6.45, 7) is 1.78. The van der Waals surface area contributed by atoms with Gasteiger partial charge in [-0.1, -0.05) is 96.8 Å². The SMILES string of the molecule is CCCCCCCCCCCCCCCCCC(=O)O[C@@]1(CO)CCO[C@@]12OC[C@H](O)[C@H]2O. The molecular weight excluding hydrogens is 424 g/mol. The lowest BCUT2D eigenvalue weighted by Crippen LogP contribution is -2.62. The Labute approximate surface area is 200 Å². The highest BCUT2D eigenvalue weighted by Crippen LogP contribution is 2.46. The van der Waals surface area contributed by atoms with Crippen molar-refractivity contribution >= 4 is 5.97 Å². The van der Waals surface area contributed by atoms with Crippen molar-refractivity contribution in [2.75, 3.05) is 19.8 Å². The van der Waals surface area contributed by atoms with E-state index in [0.29, 0.717) is 0 Å². The molecule has 0 aromatic rings.